The van der Waals surface area contributed by atoms with Crippen LogP contribution in [0, 0.1) is 0 Å². The molecule has 0 spiro atoms. The predicted molar refractivity (Wildman–Crippen MR) is 214 cm³/mol. The predicted octanol–water partition coefficient (Wildman–Crippen LogP) is -7.54. The highest BCUT2D eigenvalue weighted by atomic mass is 16.4. The smallest absolute Gasteiger partial charge is 0.303 e. The molecule has 0 radical (unpaired) electrons. The van der Waals surface area contributed by atoms with Crippen molar-refractivity contribution in [3.63, 3.8) is 0 Å². The van der Waals surface area contributed by atoms with Crippen molar-refractivity contribution >= 4 is 59.4 Å². The van der Waals surface area contributed by atoms with Gasteiger partial charge < -0.3 is 73.3 Å². The third kappa shape index (κ3) is 19.6. The van der Waals surface area contributed by atoms with Gasteiger partial charge in [0.25, 0.3) is 0 Å². The number of hydrogen-bond donors (Lipinski definition) is 15. The van der Waals surface area contributed by atoms with Crippen molar-refractivity contribution in [3.05, 3.63) is 35.9 Å². The van der Waals surface area contributed by atoms with Gasteiger partial charge in [-0.1, -0.05) is 30.3 Å². The number of hydrogen-bond acceptors (Lipinski definition) is 17. The standard InChI is InChI=1S/C37H58N10O15/c1-19(52)23(39-3)11-12-40-47-26(13-21-7-5-4-6-8-21)34(59)45-27(17-50)35(60)42-24(9-10-30(55)56)32(57)44-28(18-51)36(61)46-31(20(2)53)37(62)43-25(14-29(38)54)33(58)41-22(15-48)16-49/h4-8,15,20,22-28,31,39-40,47,49-51,53H,9-14,16-18H2,1-3H3,(H2,38,54)(H,41,58)(H,42,60)(H,43,62)(H,44,57)(H,45,59)(H,46,61)(H,55,56)/t20-,22?,23?,24?,25+,26?,27+,28+,31+/m1/s1. The van der Waals surface area contributed by atoms with Gasteiger partial charge >= 0.3 is 5.97 Å². The summed E-state index contributed by atoms with van der Waals surface area (Å²) < 4.78 is 0. The number of amides is 7. The molecule has 0 aliphatic carbocycles. The van der Waals surface area contributed by atoms with Gasteiger partial charge in [0.15, 0.2) is 0 Å². The summed E-state index contributed by atoms with van der Waals surface area (Å²) >= 11 is 0. The van der Waals surface area contributed by atoms with Crippen LogP contribution < -0.4 is 53.8 Å². The largest absolute Gasteiger partial charge is 0.481 e. The number of primary amides is 1. The first-order valence-electron chi connectivity index (χ1n) is 19.3. The van der Waals surface area contributed by atoms with E-state index in [0.29, 0.717) is 12.0 Å². The number of carboxylic acid groups (broad SMARTS) is 1. The fourth-order valence-corrected chi connectivity index (χ4v) is 5.50. The Morgan fingerprint density at radius 1 is 0.677 bits per heavy atom. The third-order valence-electron chi connectivity index (χ3n) is 8.97. The quantitative estimate of drug-likeness (QED) is 0.0187. The number of aldehydes is 1. The molecule has 0 aliphatic rings. The fourth-order valence-electron chi connectivity index (χ4n) is 5.50. The molecule has 4 unspecified atom stereocenters. The molecule has 7 amide bonds. The van der Waals surface area contributed by atoms with Gasteiger partial charge in [-0.25, -0.2) is 5.43 Å². The normalized spacial score (nSPS) is 15.3. The molecule has 1 aromatic carbocycles. The van der Waals surface area contributed by atoms with Crippen LogP contribution in [0.1, 0.15) is 45.1 Å². The Morgan fingerprint density at radius 2 is 1.19 bits per heavy atom. The summed E-state index contributed by atoms with van der Waals surface area (Å²) in [5.74, 6) is -9.50. The Kier molecular flexibility index (Phi) is 24.9. The Morgan fingerprint density at radius 3 is 1.68 bits per heavy atom. The Balaban J connectivity index is 3.18. The number of nitrogens with two attached hydrogens (primary N) is 1. The number of likely N-dealkylation sites (N-methyl/N-ethyl adjacent to an activating group) is 1. The molecule has 0 saturated carbocycles. The van der Waals surface area contributed by atoms with Crippen LogP contribution in [0.15, 0.2) is 30.3 Å². The van der Waals surface area contributed by atoms with Crippen molar-refractivity contribution in [3.8, 4) is 0 Å². The molecule has 25 heteroatoms. The summed E-state index contributed by atoms with van der Waals surface area (Å²) in [4.78, 5) is 125. The van der Waals surface area contributed by atoms with Crippen LogP contribution in [0.2, 0.25) is 0 Å². The molecule has 1 aromatic rings. The van der Waals surface area contributed by atoms with Crippen LogP contribution in [0.4, 0.5) is 0 Å². The van der Waals surface area contributed by atoms with Crippen LogP contribution in [-0.4, -0.2) is 173 Å². The van der Waals surface area contributed by atoms with Crippen LogP contribution >= 0.6 is 0 Å². The molecular formula is C37H58N10O15. The van der Waals surface area contributed by atoms with Gasteiger partial charge in [0.05, 0.1) is 38.4 Å². The van der Waals surface area contributed by atoms with E-state index in [1.54, 1.807) is 37.4 Å². The first-order chi connectivity index (χ1) is 29.3. The average Bonchev–Trinajstić information content (AvgIpc) is 3.22. The minimum atomic E-state index is -1.92. The molecule has 9 atom stereocenters. The summed E-state index contributed by atoms with van der Waals surface area (Å²) in [6.45, 7) is -0.292. The second-order valence-electron chi connectivity index (χ2n) is 13.9. The van der Waals surface area contributed by atoms with Crippen molar-refractivity contribution in [1.29, 1.82) is 0 Å². The highest BCUT2D eigenvalue weighted by Gasteiger charge is 2.35. The number of carbonyl (C=O) groups is 10. The Labute approximate surface area is 356 Å². The SMILES string of the molecule is CNC(CCNNC(Cc1ccccc1)C(=O)N[C@@H](CO)C(=O)NC(CCC(=O)O)C(=O)N[C@@H](CO)C(=O)N[C@H](C(=O)N[C@@H](CC(N)=O)C(=O)NC(C=O)CO)[C@@H](C)O)C(C)=O. The topological polar surface area (TPSA) is 406 Å². The van der Waals surface area contributed by atoms with Gasteiger partial charge in [0.1, 0.15) is 54.4 Å². The Hall–Kier alpha value is -5.96. The molecular weight excluding hydrogens is 824 g/mol. The summed E-state index contributed by atoms with van der Waals surface area (Å²) in [7, 11) is 1.62. The van der Waals surface area contributed by atoms with E-state index < -0.39 is 141 Å². The van der Waals surface area contributed by atoms with Crippen molar-refractivity contribution < 1.29 is 73.5 Å². The maximum atomic E-state index is 13.5. The number of aliphatic hydroxyl groups excluding tert-OH is 4. The van der Waals surface area contributed by atoms with Crippen LogP contribution in [0.25, 0.3) is 0 Å². The molecule has 1 rings (SSSR count). The number of carbonyl (C=O) groups excluding carboxylic acids is 9. The highest BCUT2D eigenvalue weighted by Crippen LogP contribution is 2.06. The lowest BCUT2D eigenvalue weighted by Gasteiger charge is -2.27. The number of aliphatic carboxylic acids is 1. The van der Waals surface area contributed by atoms with Crippen LogP contribution in [0.5, 0.6) is 0 Å². The molecule has 0 bridgehead atoms. The van der Waals surface area contributed by atoms with Gasteiger partial charge in [-0.05, 0) is 45.7 Å². The molecule has 25 nitrogen and oxygen atoms in total. The monoisotopic (exact) mass is 882 g/mol. The lowest BCUT2D eigenvalue weighted by molar-refractivity contribution is -0.139. The van der Waals surface area contributed by atoms with E-state index in [-0.39, 0.29) is 25.0 Å². The highest BCUT2D eigenvalue weighted by molar-refractivity contribution is 5.98. The molecule has 0 heterocycles. The molecule has 62 heavy (non-hydrogen) atoms. The van der Waals surface area contributed by atoms with Crippen molar-refractivity contribution in [2.24, 2.45) is 5.73 Å². The molecule has 0 aromatic heterocycles. The van der Waals surface area contributed by atoms with E-state index >= 15 is 0 Å². The summed E-state index contributed by atoms with van der Waals surface area (Å²) in [5, 5.41) is 64.7. The zero-order valence-corrected chi connectivity index (χ0v) is 34.4. The van der Waals surface area contributed by atoms with E-state index in [9.17, 15) is 73.5 Å². The van der Waals surface area contributed by atoms with Gasteiger partial charge in [-0.2, -0.15) is 0 Å². The third-order valence-corrected chi connectivity index (χ3v) is 8.97. The van der Waals surface area contributed by atoms with E-state index in [4.69, 9.17) is 5.73 Å². The minimum absolute atomic E-state index is 0.0865. The summed E-state index contributed by atoms with van der Waals surface area (Å²) in [6.07, 6.45) is -3.25. The van der Waals surface area contributed by atoms with Crippen molar-refractivity contribution in [2.75, 3.05) is 33.4 Å². The lowest BCUT2D eigenvalue weighted by atomic mass is 10.1. The number of benzene rings is 1. The van der Waals surface area contributed by atoms with Crippen molar-refractivity contribution in [2.45, 2.75) is 100 Å². The number of aliphatic hydroxyl groups is 4. The first kappa shape index (κ1) is 54.1. The second kappa shape index (κ2) is 28.5. The number of carboxylic acids is 1. The van der Waals surface area contributed by atoms with Gasteiger partial charge in [-0.15, -0.1) is 0 Å². The Bertz CT molecular complexity index is 1690. The maximum Gasteiger partial charge on any atom is 0.303 e. The van der Waals surface area contributed by atoms with Crippen molar-refractivity contribution in [1.82, 2.24) is 48.1 Å². The second-order valence-corrected chi connectivity index (χ2v) is 13.9. The van der Waals surface area contributed by atoms with Crippen LogP contribution in [0.3, 0.4) is 0 Å². The number of Topliss-reactive ketones (excluding diaryl/α,β-unsaturated/α-hetero) is 1. The number of rotatable bonds is 31. The first-order valence-corrected chi connectivity index (χ1v) is 19.3. The molecule has 346 valence electrons. The number of ketones is 1. The molecule has 0 aliphatic heterocycles. The average molecular weight is 883 g/mol. The van der Waals surface area contributed by atoms with E-state index in [1.807, 2.05) is 5.32 Å². The number of nitrogens with one attached hydrogen (secondary N) is 9. The zero-order valence-electron chi connectivity index (χ0n) is 34.4. The molecule has 0 saturated heterocycles. The minimum Gasteiger partial charge on any atom is -0.481 e. The van der Waals surface area contributed by atoms with Crippen LogP contribution in [-0.2, 0) is 54.4 Å². The molecule has 16 N–H and O–H groups in total. The lowest BCUT2D eigenvalue weighted by Crippen LogP contribution is -2.62. The van der Waals surface area contributed by atoms with Gasteiger partial charge in [0, 0.05) is 13.0 Å². The fraction of sp³-hybridized carbons (Fsp3) is 0.568. The maximum absolute atomic E-state index is 13.5. The summed E-state index contributed by atoms with van der Waals surface area (Å²) in [6, 6.07) is -3.28. The zero-order chi connectivity index (χ0) is 46.9. The number of hydrazine groups is 1. The van der Waals surface area contributed by atoms with Gasteiger partial charge in [-0.3, -0.25) is 48.6 Å². The van der Waals surface area contributed by atoms with Gasteiger partial charge in [0.2, 0.25) is 41.4 Å². The van der Waals surface area contributed by atoms with E-state index in [1.165, 1.54) is 6.92 Å². The van der Waals surface area contributed by atoms with E-state index in [2.05, 4.69) is 42.8 Å². The van der Waals surface area contributed by atoms with E-state index in [0.717, 1.165) is 6.92 Å². The molecule has 0 fully saturated rings. The summed E-state index contributed by atoms with van der Waals surface area (Å²) in [5.41, 5.74) is 11.6.